The smallest absolute Gasteiger partial charge is 0.0169 e. The second-order valence-corrected chi connectivity index (χ2v) is 6.46. The second kappa shape index (κ2) is 16.7. The molecule has 0 saturated carbocycles. The minimum atomic E-state index is 1.11. The predicted molar refractivity (Wildman–Crippen MR) is 98.2 cm³/mol. The number of allylic oxidation sites excluding steroid dienone is 5. The van der Waals surface area contributed by atoms with E-state index in [1.165, 1.54) is 75.9 Å². The zero-order chi connectivity index (χ0) is 14.9. The van der Waals surface area contributed by atoms with Gasteiger partial charge in [-0.05, 0) is 44.9 Å². The Morgan fingerprint density at radius 2 is 1.35 bits per heavy atom. The molecule has 0 aliphatic heterocycles. The van der Waals surface area contributed by atoms with E-state index in [4.69, 9.17) is 0 Å². The van der Waals surface area contributed by atoms with Crippen molar-refractivity contribution in [3.8, 4) is 0 Å². The normalized spacial score (nSPS) is 11.7. The molecule has 0 aromatic rings. The van der Waals surface area contributed by atoms with Crippen LogP contribution in [0.15, 0.2) is 36.2 Å². The van der Waals surface area contributed by atoms with E-state index in [2.05, 4.69) is 47.0 Å². The van der Waals surface area contributed by atoms with E-state index in [-0.39, 0.29) is 0 Å². The molecule has 0 N–H and O–H groups in total. The molecule has 0 aliphatic rings. The lowest BCUT2D eigenvalue weighted by Crippen LogP contribution is -1.79. The molecule has 0 aliphatic carbocycles. The summed E-state index contributed by atoms with van der Waals surface area (Å²) in [5, 5.41) is 1.25. The van der Waals surface area contributed by atoms with Crippen LogP contribution in [0, 0.1) is 0 Å². The maximum absolute atomic E-state index is 3.91. The van der Waals surface area contributed by atoms with Crippen LogP contribution in [0.2, 0.25) is 0 Å². The third-order valence-corrected chi connectivity index (χ3v) is 3.74. The lowest BCUT2D eigenvalue weighted by molar-refractivity contribution is 0.620. The second-order valence-electron chi connectivity index (χ2n) is 5.64. The van der Waals surface area contributed by atoms with Gasteiger partial charge in [0.1, 0.15) is 0 Å². The van der Waals surface area contributed by atoms with Crippen molar-refractivity contribution in [3.63, 3.8) is 0 Å². The monoisotopic (exact) mass is 294 g/mol. The molecule has 1 unspecified atom stereocenters. The zero-order valence-corrected chi connectivity index (χ0v) is 14.7. The fourth-order valence-electron chi connectivity index (χ4n) is 2.16. The molecule has 0 spiro atoms. The minimum Gasteiger partial charge on any atom is -0.111 e. The van der Waals surface area contributed by atoms with Crippen molar-refractivity contribution in [1.29, 1.82) is 0 Å². The van der Waals surface area contributed by atoms with Gasteiger partial charge in [0, 0.05) is 0 Å². The van der Waals surface area contributed by atoms with Gasteiger partial charge < -0.3 is 0 Å². The molecule has 0 fully saturated rings. The number of rotatable bonds is 14. The van der Waals surface area contributed by atoms with E-state index in [1.54, 1.807) is 0 Å². The predicted octanol–water partition coefficient (Wildman–Crippen LogP) is 7.19. The van der Waals surface area contributed by atoms with Crippen molar-refractivity contribution >= 4 is 9.24 Å². The summed E-state index contributed by atoms with van der Waals surface area (Å²) < 4.78 is 0. The third kappa shape index (κ3) is 17.6. The van der Waals surface area contributed by atoms with Crippen molar-refractivity contribution in [1.82, 2.24) is 0 Å². The van der Waals surface area contributed by atoms with E-state index >= 15 is 0 Å². The standard InChI is InChI=1S/C19H35P/c1-3-4-5-6-7-8-9-10-11-12-13-14-15-16-17-18-19(2)20/h7-8,10-11H,2-6,9,12-18,20H2,1H3/b8-7-,11-10-. The van der Waals surface area contributed by atoms with Crippen molar-refractivity contribution in [2.45, 2.75) is 84.0 Å². The molecule has 0 saturated heterocycles. The zero-order valence-electron chi connectivity index (χ0n) is 13.6. The summed E-state index contributed by atoms with van der Waals surface area (Å²) in [4.78, 5) is 0. The van der Waals surface area contributed by atoms with Crippen LogP contribution in [0.1, 0.15) is 84.0 Å². The molecule has 0 aromatic heterocycles. The van der Waals surface area contributed by atoms with Crippen LogP contribution in [-0.2, 0) is 0 Å². The molecule has 0 nitrogen and oxygen atoms in total. The van der Waals surface area contributed by atoms with Crippen molar-refractivity contribution in [2.24, 2.45) is 0 Å². The van der Waals surface area contributed by atoms with Crippen LogP contribution in [0.5, 0.6) is 0 Å². The number of unbranched alkanes of at least 4 members (excludes halogenated alkanes) is 8. The first-order valence-corrected chi connectivity index (χ1v) is 9.08. The molecule has 0 radical (unpaired) electrons. The highest BCUT2D eigenvalue weighted by atomic mass is 31.0. The van der Waals surface area contributed by atoms with E-state index in [0.717, 1.165) is 6.42 Å². The van der Waals surface area contributed by atoms with Gasteiger partial charge in [-0.3, -0.25) is 0 Å². The van der Waals surface area contributed by atoms with E-state index in [1.807, 2.05) is 0 Å². The van der Waals surface area contributed by atoms with Crippen LogP contribution in [0.4, 0.5) is 0 Å². The summed E-state index contributed by atoms with van der Waals surface area (Å²) >= 11 is 0. The van der Waals surface area contributed by atoms with Gasteiger partial charge in [-0.2, -0.15) is 0 Å². The molecule has 0 rings (SSSR count). The maximum atomic E-state index is 3.91. The number of hydrogen-bond acceptors (Lipinski definition) is 0. The van der Waals surface area contributed by atoms with Gasteiger partial charge in [0.15, 0.2) is 0 Å². The molecule has 0 amide bonds. The van der Waals surface area contributed by atoms with Crippen molar-refractivity contribution in [2.75, 3.05) is 0 Å². The first-order chi connectivity index (χ1) is 9.77. The molecule has 0 aromatic carbocycles. The fraction of sp³-hybridized carbons (Fsp3) is 0.684. The molecule has 116 valence electrons. The Labute approximate surface area is 130 Å². The van der Waals surface area contributed by atoms with Gasteiger partial charge in [-0.15, -0.1) is 9.24 Å². The van der Waals surface area contributed by atoms with Crippen LogP contribution in [-0.4, -0.2) is 0 Å². The first-order valence-electron chi connectivity index (χ1n) is 8.50. The Bertz CT molecular complexity index is 263. The average molecular weight is 294 g/mol. The summed E-state index contributed by atoms with van der Waals surface area (Å²) in [6.45, 7) is 6.16. The van der Waals surface area contributed by atoms with Gasteiger partial charge in [0.2, 0.25) is 0 Å². The summed E-state index contributed by atoms with van der Waals surface area (Å²) in [6.07, 6.45) is 24.9. The molecular weight excluding hydrogens is 259 g/mol. The summed E-state index contributed by atoms with van der Waals surface area (Å²) in [6, 6.07) is 0. The molecular formula is C19H35P. The summed E-state index contributed by atoms with van der Waals surface area (Å²) in [5.74, 6) is 0. The molecule has 1 heteroatoms. The molecule has 0 heterocycles. The van der Waals surface area contributed by atoms with E-state index in [0.29, 0.717) is 0 Å². The van der Waals surface area contributed by atoms with Crippen molar-refractivity contribution < 1.29 is 0 Å². The average Bonchev–Trinajstić information content (AvgIpc) is 2.43. The van der Waals surface area contributed by atoms with Crippen LogP contribution >= 0.6 is 9.24 Å². The lowest BCUT2D eigenvalue weighted by atomic mass is 10.1. The van der Waals surface area contributed by atoms with E-state index < -0.39 is 0 Å². The topological polar surface area (TPSA) is 0 Å². The quantitative estimate of drug-likeness (QED) is 0.181. The Kier molecular flexibility index (Phi) is 16.4. The molecule has 1 atom stereocenters. The van der Waals surface area contributed by atoms with Gasteiger partial charge in [0.05, 0.1) is 0 Å². The lowest BCUT2D eigenvalue weighted by Gasteiger charge is -2.00. The van der Waals surface area contributed by atoms with Crippen molar-refractivity contribution in [3.05, 3.63) is 36.2 Å². The van der Waals surface area contributed by atoms with Gasteiger partial charge in [-0.25, -0.2) is 0 Å². The molecule has 0 bridgehead atoms. The molecule has 20 heavy (non-hydrogen) atoms. The SMILES string of the molecule is C=C(P)CCCCCCC/C=C\C/C=C\CCCCC. The van der Waals surface area contributed by atoms with Crippen LogP contribution in [0.3, 0.4) is 0 Å². The Balaban J connectivity index is 3.17. The third-order valence-electron chi connectivity index (χ3n) is 3.45. The number of hydrogen-bond donors (Lipinski definition) is 0. The van der Waals surface area contributed by atoms with Crippen LogP contribution in [0.25, 0.3) is 0 Å². The highest BCUT2D eigenvalue weighted by Gasteiger charge is 1.90. The maximum Gasteiger partial charge on any atom is -0.0169 e. The Morgan fingerprint density at radius 3 is 1.95 bits per heavy atom. The summed E-state index contributed by atoms with van der Waals surface area (Å²) in [5.41, 5.74) is 0. The Hall–Kier alpha value is -0.350. The van der Waals surface area contributed by atoms with Gasteiger partial charge >= 0.3 is 0 Å². The van der Waals surface area contributed by atoms with Crippen LogP contribution < -0.4 is 0 Å². The summed E-state index contributed by atoms with van der Waals surface area (Å²) in [7, 11) is 2.70. The highest BCUT2D eigenvalue weighted by molar-refractivity contribution is 7.22. The largest absolute Gasteiger partial charge is 0.111 e. The minimum absolute atomic E-state index is 1.11. The van der Waals surface area contributed by atoms with Gasteiger partial charge in [0.25, 0.3) is 0 Å². The fourth-order valence-corrected chi connectivity index (χ4v) is 2.37. The van der Waals surface area contributed by atoms with Gasteiger partial charge in [-0.1, -0.05) is 75.2 Å². The van der Waals surface area contributed by atoms with E-state index in [9.17, 15) is 0 Å². The Morgan fingerprint density at radius 1 is 0.800 bits per heavy atom. The highest BCUT2D eigenvalue weighted by Crippen LogP contribution is 2.14. The first kappa shape index (κ1) is 19.7.